The minimum atomic E-state index is -3.49. The zero-order chi connectivity index (χ0) is 14.0. The van der Waals surface area contributed by atoms with Crippen molar-refractivity contribution in [3.63, 3.8) is 0 Å². The second-order valence-corrected chi connectivity index (χ2v) is 6.68. The number of nitrogens with zero attached hydrogens (tertiary/aromatic N) is 1. The molecule has 0 amide bonds. The number of hydrogen-bond acceptors (Lipinski definition) is 4. The molecule has 5 nitrogen and oxygen atoms in total. The molecule has 114 valence electrons. The lowest BCUT2D eigenvalue weighted by Gasteiger charge is -2.23. The summed E-state index contributed by atoms with van der Waals surface area (Å²) in [6.07, 6.45) is 4.95. The summed E-state index contributed by atoms with van der Waals surface area (Å²) in [6, 6.07) is 7.02. The van der Waals surface area contributed by atoms with E-state index in [1.54, 1.807) is 30.6 Å². The summed E-state index contributed by atoms with van der Waals surface area (Å²) >= 11 is 0. The van der Waals surface area contributed by atoms with Gasteiger partial charge in [-0.3, -0.25) is 4.98 Å². The third kappa shape index (κ3) is 3.52. The molecule has 2 N–H and O–H groups in total. The zero-order valence-corrected chi connectivity index (χ0v) is 13.1. The molecule has 1 saturated heterocycles. The molecule has 0 spiro atoms. The van der Waals surface area contributed by atoms with Crippen molar-refractivity contribution in [2.45, 2.75) is 23.8 Å². The molecule has 0 bridgehead atoms. The molecule has 0 radical (unpaired) electrons. The molecule has 0 aliphatic carbocycles. The van der Waals surface area contributed by atoms with Crippen molar-refractivity contribution >= 4 is 33.2 Å². The fourth-order valence-electron chi connectivity index (χ4n) is 2.55. The van der Waals surface area contributed by atoms with Crippen molar-refractivity contribution in [3.8, 4) is 0 Å². The zero-order valence-electron chi connectivity index (χ0n) is 11.5. The smallest absolute Gasteiger partial charge is 0.241 e. The Labute approximate surface area is 130 Å². The predicted molar refractivity (Wildman–Crippen MR) is 85.2 cm³/mol. The fraction of sp³-hybridized carbons (Fsp3) is 0.357. The summed E-state index contributed by atoms with van der Waals surface area (Å²) in [5, 5.41) is 4.77. The van der Waals surface area contributed by atoms with E-state index in [9.17, 15) is 8.42 Å². The molecule has 1 aliphatic rings. The van der Waals surface area contributed by atoms with Gasteiger partial charge in [-0.15, -0.1) is 12.4 Å². The molecule has 2 aromatic rings. The standard InChI is InChI=1S/C14H17N3O2S.ClH/c18-20(19,17-12-4-7-15-8-5-12)14-3-1-2-11-10-16-9-6-13(11)14;/h1-3,6,9-10,12,15,17H,4-5,7-8H2;1H. The number of nitrogens with one attached hydrogen (secondary N) is 2. The lowest BCUT2D eigenvalue weighted by molar-refractivity contribution is 0.427. The van der Waals surface area contributed by atoms with Gasteiger partial charge >= 0.3 is 0 Å². The first kappa shape index (κ1) is 16.2. The van der Waals surface area contributed by atoms with Gasteiger partial charge in [-0.1, -0.05) is 12.1 Å². The third-order valence-corrected chi connectivity index (χ3v) is 5.17. The number of aromatic nitrogens is 1. The molecule has 0 saturated carbocycles. The van der Waals surface area contributed by atoms with E-state index in [2.05, 4.69) is 15.0 Å². The van der Waals surface area contributed by atoms with Gasteiger partial charge in [0.2, 0.25) is 10.0 Å². The highest BCUT2D eigenvalue weighted by Gasteiger charge is 2.23. The largest absolute Gasteiger partial charge is 0.317 e. The Kier molecular flexibility index (Phi) is 5.16. The number of piperidine rings is 1. The maximum Gasteiger partial charge on any atom is 0.241 e. The van der Waals surface area contributed by atoms with Crippen LogP contribution in [0.1, 0.15) is 12.8 Å². The first-order valence-electron chi connectivity index (χ1n) is 6.72. The Morgan fingerprint density at radius 1 is 1.19 bits per heavy atom. The molecule has 1 aromatic heterocycles. The summed E-state index contributed by atoms with van der Waals surface area (Å²) in [7, 11) is -3.49. The van der Waals surface area contributed by atoms with Crippen LogP contribution in [0.25, 0.3) is 10.8 Å². The van der Waals surface area contributed by atoms with E-state index in [0.29, 0.717) is 10.3 Å². The van der Waals surface area contributed by atoms with Gasteiger partial charge in [0.15, 0.2) is 0 Å². The van der Waals surface area contributed by atoms with Crippen LogP contribution in [0.15, 0.2) is 41.6 Å². The van der Waals surface area contributed by atoms with Crippen LogP contribution in [-0.2, 0) is 10.0 Å². The topological polar surface area (TPSA) is 71.1 Å². The average molecular weight is 328 g/mol. The van der Waals surface area contributed by atoms with E-state index in [1.807, 2.05) is 6.07 Å². The molecule has 21 heavy (non-hydrogen) atoms. The Balaban J connectivity index is 0.00000161. The minimum absolute atomic E-state index is 0. The monoisotopic (exact) mass is 327 g/mol. The van der Waals surface area contributed by atoms with Crippen molar-refractivity contribution < 1.29 is 8.42 Å². The molecule has 7 heteroatoms. The van der Waals surface area contributed by atoms with E-state index in [1.165, 1.54) is 0 Å². The van der Waals surface area contributed by atoms with Crippen molar-refractivity contribution in [1.82, 2.24) is 15.0 Å². The van der Waals surface area contributed by atoms with Crippen LogP contribution in [0.5, 0.6) is 0 Å². The predicted octanol–water partition coefficient (Wildman–Crippen LogP) is 1.69. The molecule has 2 heterocycles. The number of sulfonamides is 1. The van der Waals surface area contributed by atoms with Gasteiger partial charge < -0.3 is 5.32 Å². The fourth-order valence-corrected chi connectivity index (χ4v) is 4.08. The van der Waals surface area contributed by atoms with Gasteiger partial charge in [0, 0.05) is 29.2 Å². The second-order valence-electron chi connectivity index (χ2n) is 5.00. The van der Waals surface area contributed by atoms with Crippen LogP contribution >= 0.6 is 12.4 Å². The third-order valence-electron chi connectivity index (χ3n) is 3.59. The van der Waals surface area contributed by atoms with Gasteiger partial charge in [0.05, 0.1) is 4.90 Å². The van der Waals surface area contributed by atoms with Crippen molar-refractivity contribution in [2.24, 2.45) is 0 Å². The van der Waals surface area contributed by atoms with Crippen LogP contribution in [-0.4, -0.2) is 32.5 Å². The molecule has 0 unspecified atom stereocenters. The van der Waals surface area contributed by atoms with E-state index in [4.69, 9.17) is 0 Å². The quantitative estimate of drug-likeness (QED) is 0.900. The number of halogens is 1. The van der Waals surface area contributed by atoms with Crippen LogP contribution in [0.2, 0.25) is 0 Å². The van der Waals surface area contributed by atoms with Gasteiger partial charge in [-0.25, -0.2) is 13.1 Å². The Morgan fingerprint density at radius 2 is 1.95 bits per heavy atom. The number of fused-ring (bicyclic) bond motifs is 1. The van der Waals surface area contributed by atoms with E-state index in [0.717, 1.165) is 31.3 Å². The summed E-state index contributed by atoms with van der Waals surface area (Å²) in [5.74, 6) is 0. The van der Waals surface area contributed by atoms with Crippen molar-refractivity contribution in [1.29, 1.82) is 0 Å². The van der Waals surface area contributed by atoms with Crippen molar-refractivity contribution in [2.75, 3.05) is 13.1 Å². The highest BCUT2D eigenvalue weighted by Crippen LogP contribution is 2.22. The molecule has 1 fully saturated rings. The number of pyridine rings is 1. The lowest BCUT2D eigenvalue weighted by atomic mass is 10.1. The van der Waals surface area contributed by atoms with E-state index >= 15 is 0 Å². The van der Waals surface area contributed by atoms with Crippen LogP contribution in [0.3, 0.4) is 0 Å². The van der Waals surface area contributed by atoms with Gasteiger partial charge in [0.1, 0.15) is 0 Å². The van der Waals surface area contributed by atoms with E-state index < -0.39 is 10.0 Å². The number of hydrogen-bond donors (Lipinski definition) is 2. The van der Waals surface area contributed by atoms with Crippen LogP contribution < -0.4 is 10.0 Å². The minimum Gasteiger partial charge on any atom is -0.317 e. The maximum absolute atomic E-state index is 12.6. The Bertz CT molecular complexity index is 710. The summed E-state index contributed by atoms with van der Waals surface area (Å²) in [4.78, 5) is 4.36. The summed E-state index contributed by atoms with van der Waals surface area (Å²) in [6.45, 7) is 1.71. The van der Waals surface area contributed by atoms with Crippen LogP contribution in [0.4, 0.5) is 0 Å². The number of benzene rings is 1. The van der Waals surface area contributed by atoms with Crippen LogP contribution in [0, 0.1) is 0 Å². The van der Waals surface area contributed by atoms with E-state index in [-0.39, 0.29) is 18.4 Å². The number of rotatable bonds is 3. The maximum atomic E-state index is 12.6. The van der Waals surface area contributed by atoms with Gasteiger partial charge in [0.25, 0.3) is 0 Å². The molecule has 1 aliphatic heterocycles. The molecular weight excluding hydrogens is 310 g/mol. The first-order valence-corrected chi connectivity index (χ1v) is 8.21. The highest BCUT2D eigenvalue weighted by molar-refractivity contribution is 7.89. The summed E-state index contributed by atoms with van der Waals surface area (Å²) < 4.78 is 27.9. The summed E-state index contributed by atoms with van der Waals surface area (Å²) in [5.41, 5.74) is 0. The first-order chi connectivity index (χ1) is 9.67. The van der Waals surface area contributed by atoms with Crippen molar-refractivity contribution in [3.05, 3.63) is 36.7 Å². The SMILES string of the molecule is Cl.O=S(=O)(NC1CCNCC1)c1cccc2cnccc12. The lowest BCUT2D eigenvalue weighted by Crippen LogP contribution is -2.42. The molecular formula is C14H18ClN3O2S. The van der Waals surface area contributed by atoms with Gasteiger partial charge in [-0.05, 0) is 38.1 Å². The Morgan fingerprint density at radius 3 is 2.71 bits per heavy atom. The average Bonchev–Trinajstić information content (AvgIpc) is 2.47. The second kappa shape index (κ2) is 6.70. The Hall–Kier alpha value is -1.21. The molecule has 0 atom stereocenters. The van der Waals surface area contributed by atoms with Gasteiger partial charge in [-0.2, -0.15) is 0 Å². The highest BCUT2D eigenvalue weighted by atomic mass is 35.5. The normalized spacial score (nSPS) is 16.6. The molecule has 1 aromatic carbocycles. The molecule has 3 rings (SSSR count).